The molecule has 3 heterocycles. The second-order valence-corrected chi connectivity index (χ2v) is 5.95. The molecule has 0 amide bonds. The Kier molecular flexibility index (Phi) is 4.40. The Morgan fingerprint density at radius 3 is 2.95 bits per heavy atom. The summed E-state index contributed by atoms with van der Waals surface area (Å²) in [5, 5.41) is 17.5. The van der Waals surface area contributed by atoms with Crippen LogP contribution < -0.4 is 4.74 Å². The fraction of sp³-hybridized carbons (Fsp3) is 0.500. The van der Waals surface area contributed by atoms with Crippen LogP contribution in [0.4, 0.5) is 0 Å². The maximum atomic E-state index is 10.3. The Labute approximate surface area is 130 Å². The molecule has 0 radical (unpaired) electrons. The van der Waals surface area contributed by atoms with E-state index < -0.39 is 0 Å². The standard InChI is InChI=1S/C16H22N4O2/c1-11-5-13(19-18-11)6-12-8-20(10-16(12)21)9-14-7-15(22-2)3-4-17-14/h3-5,7,12,16,21H,6,8-10H2,1-2H3,(H,18,19)/t12-,16-/m1/s1. The van der Waals surface area contributed by atoms with E-state index in [2.05, 4.69) is 20.1 Å². The van der Waals surface area contributed by atoms with Crippen LogP contribution in [0.1, 0.15) is 17.1 Å². The highest BCUT2D eigenvalue weighted by Crippen LogP contribution is 2.23. The number of likely N-dealkylation sites (tertiary alicyclic amines) is 1. The van der Waals surface area contributed by atoms with E-state index in [0.717, 1.165) is 42.3 Å². The number of ether oxygens (including phenoxy) is 1. The third kappa shape index (κ3) is 3.45. The van der Waals surface area contributed by atoms with Crippen molar-refractivity contribution in [3.63, 3.8) is 0 Å². The van der Waals surface area contributed by atoms with E-state index in [-0.39, 0.29) is 12.0 Å². The van der Waals surface area contributed by atoms with E-state index in [1.165, 1.54) is 0 Å². The van der Waals surface area contributed by atoms with Crippen LogP contribution in [-0.4, -0.2) is 51.5 Å². The molecular weight excluding hydrogens is 280 g/mol. The van der Waals surface area contributed by atoms with Crippen molar-refractivity contribution in [3.8, 4) is 5.75 Å². The molecule has 2 atom stereocenters. The fourth-order valence-electron chi connectivity index (χ4n) is 3.02. The second kappa shape index (κ2) is 6.46. The van der Waals surface area contributed by atoms with Gasteiger partial charge >= 0.3 is 0 Å². The van der Waals surface area contributed by atoms with E-state index >= 15 is 0 Å². The van der Waals surface area contributed by atoms with Crippen molar-refractivity contribution in [1.82, 2.24) is 20.1 Å². The smallest absolute Gasteiger partial charge is 0.122 e. The molecule has 0 aromatic carbocycles. The van der Waals surface area contributed by atoms with E-state index in [9.17, 15) is 5.11 Å². The summed E-state index contributed by atoms with van der Waals surface area (Å²) in [7, 11) is 1.65. The maximum absolute atomic E-state index is 10.3. The number of aromatic amines is 1. The monoisotopic (exact) mass is 302 g/mol. The summed E-state index contributed by atoms with van der Waals surface area (Å²) in [5.41, 5.74) is 3.03. The first kappa shape index (κ1) is 15.0. The van der Waals surface area contributed by atoms with Gasteiger partial charge in [-0.1, -0.05) is 0 Å². The van der Waals surface area contributed by atoms with Gasteiger partial charge in [0, 0.05) is 43.5 Å². The van der Waals surface area contributed by atoms with Gasteiger partial charge < -0.3 is 9.84 Å². The van der Waals surface area contributed by atoms with E-state index in [1.54, 1.807) is 13.3 Å². The van der Waals surface area contributed by atoms with Crippen LogP contribution in [0.25, 0.3) is 0 Å². The van der Waals surface area contributed by atoms with Crippen LogP contribution in [0.3, 0.4) is 0 Å². The lowest BCUT2D eigenvalue weighted by Gasteiger charge is -2.15. The molecule has 0 aliphatic carbocycles. The zero-order valence-corrected chi connectivity index (χ0v) is 13.0. The zero-order valence-electron chi connectivity index (χ0n) is 13.0. The van der Waals surface area contributed by atoms with Gasteiger partial charge in [0.05, 0.1) is 24.6 Å². The Hall–Kier alpha value is -1.92. The predicted octanol–water partition coefficient (Wildman–Crippen LogP) is 1.16. The Balaban J connectivity index is 1.60. The van der Waals surface area contributed by atoms with Crippen LogP contribution in [0.2, 0.25) is 0 Å². The van der Waals surface area contributed by atoms with Gasteiger partial charge in [-0.05, 0) is 25.5 Å². The number of methoxy groups -OCH3 is 1. The summed E-state index contributed by atoms with van der Waals surface area (Å²) in [6, 6.07) is 5.82. The lowest BCUT2D eigenvalue weighted by molar-refractivity contribution is 0.140. The van der Waals surface area contributed by atoms with Gasteiger partial charge in [0.15, 0.2) is 0 Å². The Morgan fingerprint density at radius 1 is 1.36 bits per heavy atom. The molecule has 1 aliphatic heterocycles. The van der Waals surface area contributed by atoms with Crippen LogP contribution in [0.5, 0.6) is 5.75 Å². The molecule has 0 unspecified atom stereocenters. The fourth-order valence-corrected chi connectivity index (χ4v) is 3.02. The Bertz CT molecular complexity index is 628. The van der Waals surface area contributed by atoms with Gasteiger partial charge in [-0.15, -0.1) is 0 Å². The molecule has 6 heteroatoms. The van der Waals surface area contributed by atoms with Crippen molar-refractivity contribution in [1.29, 1.82) is 0 Å². The van der Waals surface area contributed by atoms with Crippen LogP contribution in [0, 0.1) is 12.8 Å². The third-order valence-corrected chi connectivity index (χ3v) is 4.12. The molecule has 0 spiro atoms. The predicted molar refractivity (Wildman–Crippen MR) is 82.6 cm³/mol. The number of hydrogen-bond acceptors (Lipinski definition) is 5. The number of aromatic nitrogens is 3. The van der Waals surface area contributed by atoms with Gasteiger partial charge in [0.25, 0.3) is 0 Å². The minimum absolute atomic E-state index is 0.216. The number of aryl methyl sites for hydroxylation is 1. The molecule has 1 saturated heterocycles. The second-order valence-electron chi connectivity index (χ2n) is 5.95. The van der Waals surface area contributed by atoms with Gasteiger partial charge in [-0.3, -0.25) is 15.0 Å². The molecule has 6 nitrogen and oxygen atoms in total. The molecule has 1 aliphatic rings. The Morgan fingerprint density at radius 2 is 2.23 bits per heavy atom. The molecule has 3 rings (SSSR count). The van der Waals surface area contributed by atoms with Crippen molar-refractivity contribution in [2.45, 2.75) is 26.0 Å². The number of nitrogens with zero attached hydrogens (tertiary/aromatic N) is 3. The molecule has 22 heavy (non-hydrogen) atoms. The number of H-pyrrole nitrogens is 1. The number of rotatable bonds is 5. The summed E-state index contributed by atoms with van der Waals surface area (Å²) >= 11 is 0. The van der Waals surface area contributed by atoms with Crippen molar-refractivity contribution in [2.75, 3.05) is 20.2 Å². The minimum atomic E-state index is -0.317. The minimum Gasteiger partial charge on any atom is -0.497 e. The van der Waals surface area contributed by atoms with Crippen molar-refractivity contribution < 1.29 is 9.84 Å². The molecule has 2 N–H and O–H groups in total. The molecule has 0 saturated carbocycles. The van der Waals surface area contributed by atoms with Gasteiger partial charge in [-0.2, -0.15) is 5.10 Å². The highest BCUT2D eigenvalue weighted by Gasteiger charge is 2.31. The topological polar surface area (TPSA) is 74.3 Å². The SMILES string of the molecule is COc1ccnc(CN2C[C@@H](Cc3cc(C)[nH]n3)[C@H](O)C2)c1. The van der Waals surface area contributed by atoms with Gasteiger partial charge in [0.2, 0.25) is 0 Å². The normalized spacial score (nSPS) is 22.1. The summed E-state index contributed by atoms with van der Waals surface area (Å²) < 4.78 is 5.22. The molecule has 118 valence electrons. The van der Waals surface area contributed by atoms with Crippen molar-refractivity contribution >= 4 is 0 Å². The van der Waals surface area contributed by atoms with Crippen molar-refractivity contribution in [3.05, 3.63) is 41.5 Å². The number of aliphatic hydroxyl groups is 1. The quantitative estimate of drug-likeness (QED) is 0.867. The van der Waals surface area contributed by atoms with Crippen LogP contribution in [0.15, 0.2) is 24.4 Å². The molecule has 2 aromatic rings. The number of hydrogen-bond donors (Lipinski definition) is 2. The molecule has 0 bridgehead atoms. The third-order valence-electron chi connectivity index (χ3n) is 4.12. The van der Waals surface area contributed by atoms with E-state index in [0.29, 0.717) is 6.54 Å². The first-order chi connectivity index (χ1) is 10.6. The number of β-amino-alcohol motifs (C(OH)–C–C–N with tert-alkyl or cyclic N) is 1. The summed E-state index contributed by atoms with van der Waals surface area (Å²) in [5.74, 6) is 1.03. The highest BCUT2D eigenvalue weighted by atomic mass is 16.5. The summed E-state index contributed by atoms with van der Waals surface area (Å²) in [4.78, 5) is 6.60. The summed E-state index contributed by atoms with van der Waals surface area (Å²) in [6.45, 7) is 4.24. The lowest BCUT2D eigenvalue weighted by Crippen LogP contribution is -2.21. The summed E-state index contributed by atoms with van der Waals surface area (Å²) in [6.07, 6.45) is 2.24. The van der Waals surface area contributed by atoms with Crippen LogP contribution >= 0.6 is 0 Å². The molecule has 1 fully saturated rings. The molecule has 2 aromatic heterocycles. The van der Waals surface area contributed by atoms with Crippen LogP contribution in [-0.2, 0) is 13.0 Å². The lowest BCUT2D eigenvalue weighted by atomic mass is 10.0. The molecular formula is C16H22N4O2. The number of pyridine rings is 1. The average molecular weight is 302 g/mol. The highest BCUT2D eigenvalue weighted by molar-refractivity contribution is 5.22. The number of nitrogens with one attached hydrogen (secondary N) is 1. The first-order valence-electron chi connectivity index (χ1n) is 7.54. The average Bonchev–Trinajstić information content (AvgIpc) is 3.06. The van der Waals surface area contributed by atoms with Gasteiger partial charge in [-0.25, -0.2) is 0 Å². The van der Waals surface area contributed by atoms with E-state index in [4.69, 9.17) is 4.74 Å². The zero-order chi connectivity index (χ0) is 15.5. The number of aliphatic hydroxyl groups excluding tert-OH is 1. The van der Waals surface area contributed by atoms with Gasteiger partial charge in [0.1, 0.15) is 5.75 Å². The largest absolute Gasteiger partial charge is 0.497 e. The van der Waals surface area contributed by atoms with Crippen molar-refractivity contribution in [2.24, 2.45) is 5.92 Å². The maximum Gasteiger partial charge on any atom is 0.122 e. The van der Waals surface area contributed by atoms with E-state index in [1.807, 2.05) is 25.1 Å². The first-order valence-corrected chi connectivity index (χ1v) is 7.54.